The van der Waals surface area contributed by atoms with Crippen LogP contribution in [0.5, 0.6) is 17.4 Å². The van der Waals surface area contributed by atoms with Crippen molar-refractivity contribution in [1.82, 2.24) is 15.0 Å². The average molecular weight is 217 g/mol. The molecule has 5 heteroatoms. The maximum atomic E-state index is 9.68. The van der Waals surface area contributed by atoms with Crippen molar-refractivity contribution in [2.75, 3.05) is 0 Å². The number of aromatic nitrogens is 3. The van der Waals surface area contributed by atoms with Gasteiger partial charge in [-0.05, 0) is 26.0 Å². The van der Waals surface area contributed by atoms with E-state index in [2.05, 4.69) is 15.0 Å². The molecule has 0 aliphatic carbocycles. The molecule has 0 aliphatic rings. The van der Waals surface area contributed by atoms with Crippen LogP contribution in [0.4, 0.5) is 0 Å². The van der Waals surface area contributed by atoms with Crippen molar-refractivity contribution in [3.63, 3.8) is 0 Å². The highest BCUT2D eigenvalue weighted by Crippen LogP contribution is 2.30. The van der Waals surface area contributed by atoms with Crippen LogP contribution in [0.2, 0.25) is 0 Å². The molecule has 0 bridgehead atoms. The Morgan fingerprint density at radius 1 is 1.12 bits per heavy atom. The first-order valence-electron chi connectivity index (χ1n) is 4.78. The molecule has 16 heavy (non-hydrogen) atoms. The molecule has 0 aromatic carbocycles. The maximum Gasteiger partial charge on any atom is 0.265 e. The third-order valence-corrected chi connectivity index (χ3v) is 2.14. The van der Waals surface area contributed by atoms with Crippen LogP contribution in [0.15, 0.2) is 24.7 Å². The minimum Gasteiger partial charge on any atom is -0.502 e. The Hall–Kier alpha value is -2.17. The number of hydrogen-bond donors (Lipinski definition) is 1. The average Bonchev–Trinajstić information content (AvgIpc) is 2.28. The Labute approximate surface area is 92.8 Å². The molecule has 2 heterocycles. The van der Waals surface area contributed by atoms with Gasteiger partial charge in [-0.15, -0.1) is 0 Å². The summed E-state index contributed by atoms with van der Waals surface area (Å²) in [5.74, 6) is 0.658. The Morgan fingerprint density at radius 3 is 2.69 bits per heavy atom. The van der Waals surface area contributed by atoms with Gasteiger partial charge in [-0.1, -0.05) is 0 Å². The third-order valence-electron chi connectivity index (χ3n) is 2.14. The minimum absolute atomic E-state index is 0.0502. The summed E-state index contributed by atoms with van der Waals surface area (Å²) in [5.41, 5.74) is 1.21. The summed E-state index contributed by atoms with van der Waals surface area (Å²) < 4.78 is 5.46. The van der Waals surface area contributed by atoms with Crippen LogP contribution in [0.25, 0.3) is 0 Å². The number of aryl methyl sites for hydroxylation is 2. The molecule has 5 nitrogen and oxygen atoms in total. The molecular weight excluding hydrogens is 206 g/mol. The summed E-state index contributed by atoms with van der Waals surface area (Å²) >= 11 is 0. The number of pyridine rings is 1. The summed E-state index contributed by atoms with van der Waals surface area (Å²) in [6, 6.07) is 3.52. The van der Waals surface area contributed by atoms with Crippen LogP contribution >= 0.6 is 0 Å². The van der Waals surface area contributed by atoms with Crippen molar-refractivity contribution in [2.24, 2.45) is 0 Å². The van der Waals surface area contributed by atoms with Crippen molar-refractivity contribution in [3.8, 4) is 17.4 Å². The van der Waals surface area contributed by atoms with Gasteiger partial charge < -0.3 is 9.84 Å². The number of nitrogens with zero attached hydrogens (tertiary/aromatic N) is 3. The van der Waals surface area contributed by atoms with Crippen LogP contribution < -0.4 is 4.74 Å². The number of rotatable bonds is 2. The molecule has 0 saturated carbocycles. The zero-order chi connectivity index (χ0) is 11.5. The summed E-state index contributed by atoms with van der Waals surface area (Å²) in [6.07, 6.45) is 3.02. The number of aromatic hydroxyl groups is 1. The van der Waals surface area contributed by atoms with E-state index in [4.69, 9.17) is 4.74 Å². The van der Waals surface area contributed by atoms with Crippen molar-refractivity contribution >= 4 is 0 Å². The Morgan fingerprint density at radius 2 is 1.94 bits per heavy atom. The zero-order valence-corrected chi connectivity index (χ0v) is 9.01. The standard InChI is InChI=1S/C11H11N3O2/c1-7-9(4-3-5-12-7)16-11-10(15)8(2)13-6-14-11/h3-6,15H,1-2H3. The van der Waals surface area contributed by atoms with Gasteiger partial charge in [0.15, 0.2) is 5.75 Å². The first kappa shape index (κ1) is 10.4. The number of ether oxygens (including phenoxy) is 1. The summed E-state index contributed by atoms with van der Waals surface area (Å²) in [4.78, 5) is 11.8. The maximum absolute atomic E-state index is 9.68. The van der Waals surface area contributed by atoms with Crippen LogP contribution in [0.1, 0.15) is 11.4 Å². The topological polar surface area (TPSA) is 68.1 Å². The molecule has 0 spiro atoms. The second kappa shape index (κ2) is 4.14. The quantitative estimate of drug-likeness (QED) is 0.833. The molecular formula is C11H11N3O2. The second-order valence-electron chi connectivity index (χ2n) is 3.30. The molecule has 0 fully saturated rings. The molecule has 2 aromatic rings. The monoisotopic (exact) mass is 217 g/mol. The molecule has 1 N–H and O–H groups in total. The normalized spacial score (nSPS) is 10.1. The fourth-order valence-corrected chi connectivity index (χ4v) is 1.20. The van der Waals surface area contributed by atoms with E-state index >= 15 is 0 Å². The van der Waals surface area contributed by atoms with Gasteiger partial charge in [0.2, 0.25) is 5.75 Å². The van der Waals surface area contributed by atoms with Gasteiger partial charge in [0.25, 0.3) is 5.88 Å². The van der Waals surface area contributed by atoms with Gasteiger partial charge in [0.05, 0.1) is 11.4 Å². The third kappa shape index (κ3) is 1.93. The highest BCUT2D eigenvalue weighted by atomic mass is 16.5. The van der Waals surface area contributed by atoms with E-state index in [0.717, 1.165) is 5.69 Å². The molecule has 0 unspecified atom stereocenters. The van der Waals surface area contributed by atoms with Gasteiger partial charge >= 0.3 is 0 Å². The van der Waals surface area contributed by atoms with Crippen molar-refractivity contribution in [2.45, 2.75) is 13.8 Å². The van der Waals surface area contributed by atoms with Gasteiger partial charge in [-0.3, -0.25) is 4.98 Å². The fraction of sp³-hybridized carbons (Fsp3) is 0.182. The van der Waals surface area contributed by atoms with E-state index in [1.54, 1.807) is 25.3 Å². The van der Waals surface area contributed by atoms with Gasteiger partial charge in [-0.2, -0.15) is 4.98 Å². The van der Waals surface area contributed by atoms with E-state index in [-0.39, 0.29) is 11.6 Å². The Kier molecular flexibility index (Phi) is 2.68. The van der Waals surface area contributed by atoms with Crippen LogP contribution in [-0.4, -0.2) is 20.1 Å². The highest BCUT2D eigenvalue weighted by Gasteiger charge is 2.10. The van der Waals surface area contributed by atoms with Gasteiger partial charge in [0, 0.05) is 6.20 Å². The van der Waals surface area contributed by atoms with Gasteiger partial charge in [-0.25, -0.2) is 4.98 Å². The minimum atomic E-state index is -0.0502. The second-order valence-corrected chi connectivity index (χ2v) is 3.30. The lowest BCUT2D eigenvalue weighted by molar-refractivity contribution is 0.389. The SMILES string of the molecule is Cc1ncccc1Oc1ncnc(C)c1O. The van der Waals surface area contributed by atoms with Crippen LogP contribution in [0, 0.1) is 13.8 Å². The van der Waals surface area contributed by atoms with E-state index < -0.39 is 0 Å². The molecule has 0 radical (unpaired) electrons. The van der Waals surface area contributed by atoms with E-state index in [1.165, 1.54) is 6.33 Å². The molecule has 82 valence electrons. The first-order chi connectivity index (χ1) is 7.68. The first-order valence-corrected chi connectivity index (χ1v) is 4.78. The largest absolute Gasteiger partial charge is 0.502 e. The zero-order valence-electron chi connectivity index (χ0n) is 9.01. The molecule has 2 rings (SSSR count). The highest BCUT2D eigenvalue weighted by molar-refractivity contribution is 5.39. The summed E-state index contributed by atoms with van der Waals surface area (Å²) in [6.45, 7) is 3.50. The lowest BCUT2D eigenvalue weighted by atomic mass is 10.3. The molecule has 0 aliphatic heterocycles. The van der Waals surface area contributed by atoms with E-state index in [0.29, 0.717) is 11.4 Å². The molecule has 0 amide bonds. The van der Waals surface area contributed by atoms with Crippen molar-refractivity contribution < 1.29 is 9.84 Å². The van der Waals surface area contributed by atoms with Crippen LogP contribution in [-0.2, 0) is 0 Å². The number of hydrogen-bond acceptors (Lipinski definition) is 5. The van der Waals surface area contributed by atoms with Crippen LogP contribution in [0.3, 0.4) is 0 Å². The summed E-state index contributed by atoms with van der Waals surface area (Å²) in [7, 11) is 0. The predicted molar refractivity (Wildman–Crippen MR) is 57.5 cm³/mol. The molecule has 2 aromatic heterocycles. The lowest BCUT2D eigenvalue weighted by Gasteiger charge is -2.08. The van der Waals surface area contributed by atoms with E-state index in [1.807, 2.05) is 6.92 Å². The Balaban J connectivity index is 2.35. The van der Waals surface area contributed by atoms with E-state index in [9.17, 15) is 5.11 Å². The fourth-order valence-electron chi connectivity index (χ4n) is 1.20. The molecule has 0 atom stereocenters. The van der Waals surface area contributed by atoms with Gasteiger partial charge in [0.1, 0.15) is 6.33 Å². The van der Waals surface area contributed by atoms with Crippen molar-refractivity contribution in [1.29, 1.82) is 0 Å². The summed E-state index contributed by atoms with van der Waals surface area (Å²) in [5, 5.41) is 9.68. The smallest absolute Gasteiger partial charge is 0.265 e. The molecule has 0 saturated heterocycles. The Bertz CT molecular complexity index is 514. The van der Waals surface area contributed by atoms with Crippen molar-refractivity contribution in [3.05, 3.63) is 36.0 Å². The lowest BCUT2D eigenvalue weighted by Crippen LogP contribution is -1.94. The predicted octanol–water partition coefficient (Wildman–Crippen LogP) is 1.99.